The van der Waals surface area contributed by atoms with Gasteiger partial charge in [0.25, 0.3) is 5.56 Å². The molecule has 0 bridgehead atoms. The van der Waals surface area contributed by atoms with Gasteiger partial charge in [-0.15, -0.1) is 0 Å². The monoisotopic (exact) mass is 552 g/mol. The van der Waals surface area contributed by atoms with E-state index >= 15 is 0 Å². The van der Waals surface area contributed by atoms with Crippen molar-refractivity contribution in [1.82, 2.24) is 14.9 Å². The zero-order valence-corrected chi connectivity index (χ0v) is 25.1. The van der Waals surface area contributed by atoms with Gasteiger partial charge in [-0.05, 0) is 74.9 Å². The summed E-state index contributed by atoms with van der Waals surface area (Å²) in [5, 5.41) is 3.29. The molecule has 3 aromatic rings. The lowest BCUT2D eigenvalue weighted by Gasteiger charge is -2.25. The highest BCUT2D eigenvalue weighted by Gasteiger charge is 2.19. The molecule has 8 heteroatoms. The number of fused-ring (bicyclic) bond motifs is 1. The fourth-order valence-corrected chi connectivity index (χ4v) is 4.82. The van der Waals surface area contributed by atoms with E-state index in [-0.39, 0.29) is 35.6 Å². The van der Waals surface area contributed by atoms with Crippen LogP contribution in [0.2, 0.25) is 0 Å². The summed E-state index contributed by atoms with van der Waals surface area (Å²) in [6.45, 7) is 14.3. The van der Waals surface area contributed by atoms with E-state index in [0.29, 0.717) is 28.3 Å². The molecule has 0 fully saturated rings. The van der Waals surface area contributed by atoms with Crippen LogP contribution >= 0.6 is 0 Å². The maximum absolute atomic E-state index is 14.2. The summed E-state index contributed by atoms with van der Waals surface area (Å²) in [6.07, 6.45) is 4.44. The molecular formula is C32H45FN4O3. The van der Waals surface area contributed by atoms with Crippen molar-refractivity contribution < 1.29 is 13.9 Å². The molecule has 0 unspecified atom stereocenters. The largest absolute Gasteiger partial charge is 0.494 e. The number of benzene rings is 2. The molecular weight excluding hydrogens is 507 g/mol. The molecule has 1 amide bonds. The van der Waals surface area contributed by atoms with Crippen LogP contribution < -0.4 is 20.5 Å². The second kappa shape index (κ2) is 14.3. The van der Waals surface area contributed by atoms with Gasteiger partial charge in [0.15, 0.2) is 11.6 Å². The highest BCUT2D eigenvalue weighted by molar-refractivity contribution is 5.84. The summed E-state index contributed by atoms with van der Waals surface area (Å²) in [4.78, 5) is 33.8. The average Bonchev–Trinajstić information content (AvgIpc) is 2.91. The van der Waals surface area contributed by atoms with E-state index < -0.39 is 5.82 Å². The Labute approximate surface area is 237 Å². The van der Waals surface area contributed by atoms with Gasteiger partial charge in [-0.3, -0.25) is 14.2 Å². The Bertz CT molecular complexity index is 1350. The van der Waals surface area contributed by atoms with Gasteiger partial charge < -0.3 is 15.0 Å². The first-order valence-electron chi connectivity index (χ1n) is 14.5. The van der Waals surface area contributed by atoms with Crippen molar-refractivity contribution in [3.05, 3.63) is 52.6 Å². The van der Waals surface area contributed by atoms with E-state index in [1.807, 2.05) is 32.0 Å². The fourth-order valence-electron chi connectivity index (χ4n) is 4.82. The van der Waals surface area contributed by atoms with Crippen LogP contribution in [0.1, 0.15) is 67.2 Å². The molecule has 0 radical (unpaired) electrons. The Hall–Kier alpha value is -3.42. The van der Waals surface area contributed by atoms with Crippen molar-refractivity contribution in [2.24, 2.45) is 11.8 Å². The van der Waals surface area contributed by atoms with Crippen molar-refractivity contribution in [2.45, 2.75) is 79.8 Å². The van der Waals surface area contributed by atoms with Gasteiger partial charge in [0.2, 0.25) is 5.91 Å². The molecule has 2 aromatic carbocycles. The second-order valence-corrected chi connectivity index (χ2v) is 11.3. The number of hydrogen-bond donors (Lipinski definition) is 1. The number of rotatable bonds is 14. The number of ether oxygens (including phenoxy) is 1. The number of unbranched alkanes of at least 4 members (excludes halogenated alkanes) is 1. The van der Waals surface area contributed by atoms with Gasteiger partial charge in [-0.1, -0.05) is 40.5 Å². The number of carbonyl (C=O) groups excluding carboxylic acids is 1. The number of methoxy groups -OCH3 is 1. The first-order chi connectivity index (χ1) is 19.0. The van der Waals surface area contributed by atoms with E-state index in [4.69, 9.17) is 9.72 Å². The number of carbonyl (C=O) groups is 1. The number of amides is 1. The van der Waals surface area contributed by atoms with Crippen molar-refractivity contribution in [3.63, 3.8) is 0 Å². The molecule has 218 valence electrons. The molecule has 3 rings (SSSR count). The number of aromatic nitrogens is 2. The van der Waals surface area contributed by atoms with Crippen LogP contribution in [0.5, 0.6) is 5.75 Å². The minimum absolute atomic E-state index is 0.0402. The third-order valence-electron chi connectivity index (χ3n) is 7.43. The quantitative estimate of drug-likeness (QED) is 0.234. The molecule has 0 saturated carbocycles. The molecule has 0 aliphatic rings. The maximum Gasteiger partial charge on any atom is 0.262 e. The zero-order valence-electron chi connectivity index (χ0n) is 25.1. The van der Waals surface area contributed by atoms with E-state index in [2.05, 4.69) is 37.9 Å². The summed E-state index contributed by atoms with van der Waals surface area (Å²) in [6, 6.07) is 9.99. The predicted molar refractivity (Wildman–Crippen MR) is 162 cm³/mol. The molecule has 1 atom stereocenters. The number of halogens is 1. The lowest BCUT2D eigenvalue weighted by atomic mass is 9.92. The van der Waals surface area contributed by atoms with Crippen LogP contribution in [0, 0.1) is 17.7 Å². The normalized spacial score (nSPS) is 12.2. The lowest BCUT2D eigenvalue weighted by molar-refractivity contribution is -0.122. The summed E-state index contributed by atoms with van der Waals surface area (Å²) in [5.41, 5.74) is 1.67. The Kier molecular flexibility index (Phi) is 11.1. The first-order valence-corrected chi connectivity index (χ1v) is 14.5. The Morgan fingerprint density at radius 2 is 1.82 bits per heavy atom. The van der Waals surface area contributed by atoms with Crippen LogP contribution in [0.3, 0.4) is 0 Å². The summed E-state index contributed by atoms with van der Waals surface area (Å²) in [7, 11) is 1.38. The third-order valence-corrected chi connectivity index (χ3v) is 7.43. The van der Waals surface area contributed by atoms with Crippen LogP contribution in [-0.4, -0.2) is 41.7 Å². The van der Waals surface area contributed by atoms with Crippen LogP contribution in [0.25, 0.3) is 22.3 Å². The SMILES string of the molecule is CCCN(CCCC[C@H](C)C(C)C)c1ccc2nc(-c3ccc(F)c(OC)c3)n(CC(=O)NC(C)C)c(=O)c2c1. The van der Waals surface area contributed by atoms with Gasteiger partial charge in [-0.25, -0.2) is 9.37 Å². The summed E-state index contributed by atoms with van der Waals surface area (Å²) < 4.78 is 20.7. The highest BCUT2D eigenvalue weighted by Crippen LogP contribution is 2.27. The molecule has 0 aliphatic heterocycles. The maximum atomic E-state index is 14.2. The molecule has 40 heavy (non-hydrogen) atoms. The predicted octanol–water partition coefficient (Wildman–Crippen LogP) is 6.41. The average molecular weight is 553 g/mol. The molecule has 0 aliphatic carbocycles. The standard InChI is InChI=1S/C32H45FN4O3/c1-8-16-36(17-10-9-11-23(6)21(2)3)25-13-15-28-26(19-25)32(39)37(20-30(38)34-22(4)5)31(35-28)24-12-14-27(33)29(18-24)40-7/h12-15,18-19,21-23H,8-11,16-17,20H2,1-7H3,(H,34,38)/t23-/m0/s1. The number of hydrogen-bond acceptors (Lipinski definition) is 5. The molecule has 1 heterocycles. The number of anilines is 1. The second-order valence-electron chi connectivity index (χ2n) is 11.3. The molecule has 0 spiro atoms. The minimum Gasteiger partial charge on any atom is -0.494 e. The van der Waals surface area contributed by atoms with E-state index in [9.17, 15) is 14.0 Å². The molecule has 1 aromatic heterocycles. The van der Waals surface area contributed by atoms with E-state index in [0.717, 1.165) is 38.0 Å². The Morgan fingerprint density at radius 1 is 1.07 bits per heavy atom. The van der Waals surface area contributed by atoms with Gasteiger partial charge in [-0.2, -0.15) is 0 Å². The van der Waals surface area contributed by atoms with Gasteiger partial charge in [0, 0.05) is 30.4 Å². The Morgan fingerprint density at radius 3 is 2.48 bits per heavy atom. The van der Waals surface area contributed by atoms with Crippen LogP contribution in [-0.2, 0) is 11.3 Å². The van der Waals surface area contributed by atoms with Gasteiger partial charge >= 0.3 is 0 Å². The molecule has 1 N–H and O–H groups in total. The van der Waals surface area contributed by atoms with Crippen LogP contribution in [0.15, 0.2) is 41.2 Å². The number of nitrogens with zero attached hydrogens (tertiary/aromatic N) is 3. The summed E-state index contributed by atoms with van der Waals surface area (Å²) >= 11 is 0. The van der Waals surface area contributed by atoms with Crippen LogP contribution in [0.4, 0.5) is 10.1 Å². The number of nitrogens with one attached hydrogen (secondary N) is 1. The van der Waals surface area contributed by atoms with Crippen molar-refractivity contribution in [2.75, 3.05) is 25.1 Å². The molecule has 0 saturated heterocycles. The van der Waals surface area contributed by atoms with Crippen molar-refractivity contribution in [3.8, 4) is 17.1 Å². The minimum atomic E-state index is -0.516. The van der Waals surface area contributed by atoms with Crippen molar-refractivity contribution in [1.29, 1.82) is 0 Å². The lowest BCUT2D eigenvalue weighted by Crippen LogP contribution is -2.37. The molecule has 7 nitrogen and oxygen atoms in total. The van der Waals surface area contributed by atoms with Gasteiger partial charge in [0.1, 0.15) is 12.4 Å². The zero-order chi connectivity index (χ0) is 29.4. The first kappa shape index (κ1) is 31.1. The third kappa shape index (κ3) is 7.83. The summed E-state index contributed by atoms with van der Waals surface area (Å²) in [5.74, 6) is 0.898. The van der Waals surface area contributed by atoms with E-state index in [1.165, 1.54) is 30.2 Å². The highest BCUT2D eigenvalue weighted by atomic mass is 19.1. The smallest absolute Gasteiger partial charge is 0.262 e. The van der Waals surface area contributed by atoms with Gasteiger partial charge in [0.05, 0.1) is 18.0 Å². The topological polar surface area (TPSA) is 76.5 Å². The van der Waals surface area contributed by atoms with Crippen molar-refractivity contribution >= 4 is 22.5 Å². The van der Waals surface area contributed by atoms with E-state index in [1.54, 1.807) is 6.07 Å². The Balaban J connectivity index is 2.03. The fraction of sp³-hybridized carbons (Fsp3) is 0.531.